The lowest BCUT2D eigenvalue weighted by Gasteiger charge is -2.28. The number of hydrogen-bond donors (Lipinski definition) is 1. The fourth-order valence-electron chi connectivity index (χ4n) is 2.97. The molecule has 7 nitrogen and oxygen atoms in total. The van der Waals surface area contributed by atoms with E-state index in [4.69, 9.17) is 0 Å². The van der Waals surface area contributed by atoms with Gasteiger partial charge in [-0.05, 0) is 38.2 Å². The second-order valence-electron chi connectivity index (χ2n) is 6.86. The molecule has 2 heterocycles. The largest absolute Gasteiger partial charge is 0.350 e. The molecular formula is C19H24N4O3S. The first-order valence-electron chi connectivity index (χ1n) is 8.82. The van der Waals surface area contributed by atoms with Crippen LogP contribution in [0.4, 0.5) is 0 Å². The molecule has 0 saturated carbocycles. The summed E-state index contributed by atoms with van der Waals surface area (Å²) in [4.78, 5) is 16.3. The molecule has 0 fully saturated rings. The molecule has 2 aliphatic rings. The Morgan fingerprint density at radius 3 is 2.70 bits per heavy atom. The number of carbonyl (C=O) groups excluding carboxylic acids is 1. The maximum atomic E-state index is 12.5. The molecule has 2 aliphatic heterocycles. The van der Waals surface area contributed by atoms with Crippen LogP contribution in [0.5, 0.6) is 0 Å². The van der Waals surface area contributed by atoms with Crippen LogP contribution in [-0.2, 0) is 21.2 Å². The minimum Gasteiger partial charge on any atom is -0.350 e. The van der Waals surface area contributed by atoms with E-state index in [2.05, 4.69) is 26.7 Å². The number of sulfonamides is 1. The third-order valence-corrected chi connectivity index (χ3v) is 5.79. The lowest BCUT2D eigenvalue weighted by Crippen LogP contribution is -2.43. The van der Waals surface area contributed by atoms with E-state index < -0.39 is 10.0 Å². The van der Waals surface area contributed by atoms with Gasteiger partial charge in [-0.1, -0.05) is 30.3 Å². The van der Waals surface area contributed by atoms with Crippen LogP contribution in [0.1, 0.15) is 5.56 Å². The number of amidine groups is 1. The molecule has 1 aromatic rings. The zero-order valence-electron chi connectivity index (χ0n) is 15.5. The average molecular weight is 388 g/mol. The van der Waals surface area contributed by atoms with Gasteiger partial charge < -0.3 is 15.1 Å². The number of hydrogen-bond acceptors (Lipinski definition) is 5. The quantitative estimate of drug-likeness (QED) is 0.779. The smallest absolute Gasteiger partial charge is 0.256 e. The molecule has 144 valence electrons. The molecule has 0 bridgehead atoms. The number of likely N-dealkylation sites (N-methyl/N-ethyl adjacent to an activating group) is 1. The summed E-state index contributed by atoms with van der Waals surface area (Å²) in [5, 5.41) is 2.98. The van der Waals surface area contributed by atoms with Crippen LogP contribution >= 0.6 is 0 Å². The van der Waals surface area contributed by atoms with E-state index in [-0.39, 0.29) is 17.7 Å². The number of nitrogens with one attached hydrogen (secondary N) is 1. The average Bonchev–Trinajstić information content (AvgIpc) is 2.64. The molecule has 0 saturated heterocycles. The maximum absolute atomic E-state index is 12.5. The first-order chi connectivity index (χ1) is 12.8. The zero-order valence-corrected chi connectivity index (χ0v) is 16.3. The Kier molecular flexibility index (Phi) is 5.76. The minimum absolute atomic E-state index is 0.0461. The van der Waals surface area contributed by atoms with Gasteiger partial charge in [-0.15, -0.1) is 4.40 Å². The van der Waals surface area contributed by atoms with Crippen molar-refractivity contribution >= 4 is 21.8 Å². The monoisotopic (exact) mass is 388 g/mol. The van der Waals surface area contributed by atoms with Crippen LogP contribution in [0.25, 0.3) is 0 Å². The number of fused-ring (bicyclic) bond motifs is 1. The van der Waals surface area contributed by atoms with Crippen molar-refractivity contribution in [1.82, 2.24) is 15.1 Å². The molecule has 0 aliphatic carbocycles. The van der Waals surface area contributed by atoms with E-state index >= 15 is 0 Å². The zero-order chi connectivity index (χ0) is 19.4. The predicted molar refractivity (Wildman–Crippen MR) is 106 cm³/mol. The highest BCUT2D eigenvalue weighted by Crippen LogP contribution is 2.16. The van der Waals surface area contributed by atoms with E-state index in [1.807, 2.05) is 32.3 Å². The number of nitrogens with zero attached hydrogens (tertiary/aromatic N) is 3. The predicted octanol–water partition coefficient (Wildman–Crippen LogP) is 0.773. The Labute approximate surface area is 160 Å². The topological polar surface area (TPSA) is 82.1 Å². The molecule has 1 aromatic carbocycles. The molecule has 1 unspecified atom stereocenters. The summed E-state index contributed by atoms with van der Waals surface area (Å²) in [6.07, 6.45) is 5.67. The Hall–Kier alpha value is -2.45. The molecule has 0 spiro atoms. The van der Waals surface area contributed by atoms with Crippen molar-refractivity contribution < 1.29 is 13.2 Å². The molecule has 0 radical (unpaired) electrons. The van der Waals surface area contributed by atoms with E-state index in [1.165, 1.54) is 5.56 Å². The van der Waals surface area contributed by atoms with Crippen LogP contribution in [-0.4, -0.2) is 68.9 Å². The van der Waals surface area contributed by atoms with Crippen molar-refractivity contribution in [1.29, 1.82) is 0 Å². The van der Waals surface area contributed by atoms with Gasteiger partial charge >= 0.3 is 0 Å². The van der Waals surface area contributed by atoms with Gasteiger partial charge in [-0.3, -0.25) is 4.79 Å². The second kappa shape index (κ2) is 8.06. The van der Waals surface area contributed by atoms with E-state index in [9.17, 15) is 13.2 Å². The normalized spacial score (nSPS) is 19.1. The van der Waals surface area contributed by atoms with Crippen molar-refractivity contribution in [3.05, 3.63) is 59.8 Å². The van der Waals surface area contributed by atoms with Gasteiger partial charge in [0.2, 0.25) is 0 Å². The molecule has 8 heteroatoms. The standard InChI is InChI=1S/C19H24N4O3S/c1-22(2)17(12-15-6-4-3-5-7-15)13-20-19(24)16-8-9-18-21-27(25,26)11-10-23(18)14-16/h3-9,14,17H,10-13H2,1-2H3,(H,20,24). The molecule has 1 N–H and O–H groups in total. The van der Waals surface area contributed by atoms with Crippen molar-refractivity contribution in [3.8, 4) is 0 Å². The highest BCUT2D eigenvalue weighted by Gasteiger charge is 2.25. The van der Waals surface area contributed by atoms with Crippen LogP contribution in [0.3, 0.4) is 0 Å². The van der Waals surface area contributed by atoms with Gasteiger partial charge in [-0.2, -0.15) is 0 Å². The molecular weight excluding hydrogens is 364 g/mol. The fourth-order valence-corrected chi connectivity index (χ4v) is 3.94. The molecule has 3 rings (SSSR count). The van der Waals surface area contributed by atoms with Crippen molar-refractivity contribution in [2.45, 2.75) is 12.5 Å². The van der Waals surface area contributed by atoms with Gasteiger partial charge in [0.1, 0.15) is 5.84 Å². The van der Waals surface area contributed by atoms with Crippen molar-refractivity contribution in [2.24, 2.45) is 4.40 Å². The number of carbonyl (C=O) groups is 1. The summed E-state index contributed by atoms with van der Waals surface area (Å²) in [7, 11) is 0.601. The summed E-state index contributed by atoms with van der Waals surface area (Å²) in [6, 6.07) is 10.3. The maximum Gasteiger partial charge on any atom is 0.256 e. The molecule has 0 aromatic heterocycles. The summed E-state index contributed by atoms with van der Waals surface area (Å²) in [5.74, 6) is 0.127. The molecule has 1 amide bonds. The molecule has 27 heavy (non-hydrogen) atoms. The first-order valence-corrected chi connectivity index (χ1v) is 10.4. The van der Waals surface area contributed by atoms with Crippen LogP contribution in [0.15, 0.2) is 58.7 Å². The highest BCUT2D eigenvalue weighted by molar-refractivity contribution is 7.90. The number of rotatable bonds is 6. The number of benzene rings is 1. The summed E-state index contributed by atoms with van der Waals surface area (Å²) in [5.41, 5.74) is 1.71. The summed E-state index contributed by atoms with van der Waals surface area (Å²) in [6.45, 7) is 0.817. The lowest BCUT2D eigenvalue weighted by atomic mass is 10.0. The van der Waals surface area contributed by atoms with Gasteiger partial charge in [0, 0.05) is 25.3 Å². The van der Waals surface area contributed by atoms with Gasteiger partial charge in [-0.25, -0.2) is 8.42 Å². The SMILES string of the molecule is CN(C)C(CNC(=O)C1=CN2CCS(=O)(=O)N=C2C=C1)Cc1ccccc1. The lowest BCUT2D eigenvalue weighted by molar-refractivity contribution is -0.117. The van der Waals surface area contributed by atoms with Crippen LogP contribution in [0.2, 0.25) is 0 Å². The van der Waals surface area contributed by atoms with Crippen molar-refractivity contribution in [3.63, 3.8) is 0 Å². The van der Waals surface area contributed by atoms with Gasteiger partial charge in [0.15, 0.2) is 0 Å². The summed E-state index contributed by atoms with van der Waals surface area (Å²) >= 11 is 0. The third kappa shape index (κ3) is 5.05. The highest BCUT2D eigenvalue weighted by atomic mass is 32.2. The fraction of sp³-hybridized carbons (Fsp3) is 0.368. The first kappa shape index (κ1) is 19.3. The third-order valence-electron chi connectivity index (χ3n) is 4.63. The Balaban J connectivity index is 1.62. The van der Waals surface area contributed by atoms with Crippen LogP contribution < -0.4 is 5.32 Å². The van der Waals surface area contributed by atoms with E-state index in [0.29, 0.717) is 24.5 Å². The van der Waals surface area contributed by atoms with Crippen molar-refractivity contribution in [2.75, 3.05) is 32.9 Å². The van der Waals surface area contributed by atoms with Gasteiger partial charge in [0.05, 0.1) is 11.3 Å². The second-order valence-corrected chi connectivity index (χ2v) is 8.62. The van der Waals surface area contributed by atoms with E-state index in [1.54, 1.807) is 23.3 Å². The number of amides is 1. The Morgan fingerprint density at radius 1 is 1.26 bits per heavy atom. The molecule has 1 atom stereocenters. The van der Waals surface area contributed by atoms with E-state index in [0.717, 1.165) is 6.42 Å². The summed E-state index contributed by atoms with van der Waals surface area (Å²) < 4.78 is 26.8. The van der Waals surface area contributed by atoms with Gasteiger partial charge in [0.25, 0.3) is 15.9 Å². The Bertz CT molecular complexity index is 889. The van der Waals surface area contributed by atoms with Crippen LogP contribution in [0, 0.1) is 0 Å². The Morgan fingerprint density at radius 2 is 2.00 bits per heavy atom. The minimum atomic E-state index is -3.39.